The average molecular weight is 252 g/mol. The lowest BCUT2D eigenvalue weighted by Gasteiger charge is -2.29. The fourth-order valence-electron chi connectivity index (χ4n) is 1.73. The first-order valence-corrected chi connectivity index (χ1v) is 6.20. The molecule has 1 amide bonds. The summed E-state index contributed by atoms with van der Waals surface area (Å²) in [6, 6.07) is 4.51. The van der Waals surface area contributed by atoms with Crippen molar-refractivity contribution in [1.29, 1.82) is 0 Å². The second kappa shape index (κ2) is 5.96. The molecule has 100 valence electrons. The Hall–Kier alpha value is -1.42. The van der Waals surface area contributed by atoms with Gasteiger partial charge in [-0.25, -0.2) is 4.39 Å². The summed E-state index contributed by atoms with van der Waals surface area (Å²) in [5.74, 6) is -0.619. The summed E-state index contributed by atoms with van der Waals surface area (Å²) in [4.78, 5) is 12.0. The van der Waals surface area contributed by atoms with Gasteiger partial charge in [-0.3, -0.25) is 4.79 Å². The lowest BCUT2D eigenvalue weighted by atomic mass is 9.94. The molecule has 1 unspecified atom stereocenters. The molecule has 3 N–H and O–H groups in total. The third-order valence-electron chi connectivity index (χ3n) is 3.33. The monoisotopic (exact) mass is 252 g/mol. The van der Waals surface area contributed by atoms with E-state index in [9.17, 15) is 9.18 Å². The standard InChI is InChI=1S/C14H21FN2O/c1-4-14(3,7-8-16)17-13(18)11-6-5-10(2)12(15)9-11/h5-6,9H,4,7-8,16H2,1-3H3,(H,17,18). The van der Waals surface area contributed by atoms with Gasteiger partial charge < -0.3 is 11.1 Å². The quantitative estimate of drug-likeness (QED) is 0.845. The zero-order chi connectivity index (χ0) is 13.8. The number of benzene rings is 1. The molecular formula is C14H21FN2O. The molecule has 1 rings (SSSR count). The van der Waals surface area contributed by atoms with Crippen LogP contribution in [0.5, 0.6) is 0 Å². The first-order chi connectivity index (χ1) is 8.41. The van der Waals surface area contributed by atoms with Crippen molar-refractivity contribution in [2.24, 2.45) is 5.73 Å². The van der Waals surface area contributed by atoms with Gasteiger partial charge in [0.1, 0.15) is 5.82 Å². The third kappa shape index (κ3) is 3.53. The number of halogens is 1. The minimum Gasteiger partial charge on any atom is -0.347 e. The molecular weight excluding hydrogens is 231 g/mol. The van der Waals surface area contributed by atoms with E-state index in [1.807, 2.05) is 13.8 Å². The SMILES string of the molecule is CCC(C)(CCN)NC(=O)c1ccc(C)c(F)c1. The summed E-state index contributed by atoms with van der Waals surface area (Å²) >= 11 is 0. The van der Waals surface area contributed by atoms with Crippen LogP contribution >= 0.6 is 0 Å². The molecule has 0 saturated heterocycles. The molecule has 0 aliphatic carbocycles. The van der Waals surface area contributed by atoms with Gasteiger partial charge in [-0.05, 0) is 50.9 Å². The molecule has 1 aromatic carbocycles. The van der Waals surface area contributed by atoms with E-state index in [0.717, 1.165) is 6.42 Å². The Morgan fingerprint density at radius 3 is 2.67 bits per heavy atom. The normalized spacial score (nSPS) is 14.1. The van der Waals surface area contributed by atoms with Gasteiger partial charge >= 0.3 is 0 Å². The first kappa shape index (κ1) is 14.6. The number of nitrogens with two attached hydrogens (primary N) is 1. The molecule has 0 radical (unpaired) electrons. The van der Waals surface area contributed by atoms with Crippen LogP contribution in [0, 0.1) is 12.7 Å². The number of hydrogen-bond acceptors (Lipinski definition) is 2. The van der Waals surface area contributed by atoms with Gasteiger partial charge in [-0.1, -0.05) is 13.0 Å². The van der Waals surface area contributed by atoms with Crippen LogP contribution in [0.2, 0.25) is 0 Å². The van der Waals surface area contributed by atoms with Crippen LogP contribution in [-0.2, 0) is 0 Å². The van der Waals surface area contributed by atoms with Crippen LogP contribution in [0.3, 0.4) is 0 Å². The van der Waals surface area contributed by atoms with Crippen molar-refractivity contribution in [3.8, 4) is 0 Å². The fourth-order valence-corrected chi connectivity index (χ4v) is 1.73. The van der Waals surface area contributed by atoms with Crippen molar-refractivity contribution in [1.82, 2.24) is 5.32 Å². The highest BCUT2D eigenvalue weighted by Gasteiger charge is 2.24. The van der Waals surface area contributed by atoms with Crippen LogP contribution in [-0.4, -0.2) is 18.0 Å². The number of aryl methyl sites for hydroxylation is 1. The van der Waals surface area contributed by atoms with Gasteiger partial charge in [-0.2, -0.15) is 0 Å². The minimum atomic E-state index is -0.361. The average Bonchev–Trinajstić information content (AvgIpc) is 2.32. The number of nitrogens with one attached hydrogen (secondary N) is 1. The van der Waals surface area contributed by atoms with Gasteiger partial charge in [0.25, 0.3) is 5.91 Å². The summed E-state index contributed by atoms with van der Waals surface area (Å²) in [6.45, 7) is 6.11. The van der Waals surface area contributed by atoms with Gasteiger partial charge in [0.05, 0.1) is 0 Å². The van der Waals surface area contributed by atoms with Crippen LogP contribution in [0.1, 0.15) is 42.6 Å². The van der Waals surface area contributed by atoms with Crippen molar-refractivity contribution in [2.45, 2.75) is 39.2 Å². The van der Waals surface area contributed by atoms with Crippen molar-refractivity contribution >= 4 is 5.91 Å². The van der Waals surface area contributed by atoms with Crippen LogP contribution in [0.25, 0.3) is 0 Å². The van der Waals surface area contributed by atoms with E-state index in [0.29, 0.717) is 24.1 Å². The Morgan fingerprint density at radius 1 is 1.50 bits per heavy atom. The second-order valence-electron chi connectivity index (χ2n) is 4.87. The lowest BCUT2D eigenvalue weighted by molar-refractivity contribution is 0.0899. The van der Waals surface area contributed by atoms with E-state index in [1.54, 1.807) is 19.1 Å². The number of hydrogen-bond donors (Lipinski definition) is 2. The van der Waals surface area contributed by atoms with E-state index in [-0.39, 0.29) is 17.3 Å². The fraction of sp³-hybridized carbons (Fsp3) is 0.500. The molecule has 3 nitrogen and oxygen atoms in total. The summed E-state index contributed by atoms with van der Waals surface area (Å²) < 4.78 is 13.4. The molecule has 0 fully saturated rings. The van der Waals surface area contributed by atoms with E-state index in [1.165, 1.54) is 6.07 Å². The Kier molecular flexibility index (Phi) is 4.84. The minimum absolute atomic E-state index is 0.258. The smallest absolute Gasteiger partial charge is 0.251 e. The molecule has 0 heterocycles. The summed E-state index contributed by atoms with van der Waals surface area (Å²) in [5.41, 5.74) is 6.07. The van der Waals surface area contributed by atoms with Gasteiger partial charge in [0, 0.05) is 11.1 Å². The Morgan fingerprint density at radius 2 is 2.17 bits per heavy atom. The highest BCUT2D eigenvalue weighted by molar-refractivity contribution is 5.94. The number of amides is 1. The Balaban J connectivity index is 2.84. The highest BCUT2D eigenvalue weighted by atomic mass is 19.1. The van der Waals surface area contributed by atoms with Crippen LogP contribution < -0.4 is 11.1 Å². The maximum atomic E-state index is 13.4. The molecule has 0 spiro atoms. The predicted octanol–water partition coefficient (Wildman–Crippen LogP) is 2.38. The molecule has 0 saturated carbocycles. The summed E-state index contributed by atoms with van der Waals surface area (Å²) in [6.07, 6.45) is 1.48. The second-order valence-corrected chi connectivity index (χ2v) is 4.87. The molecule has 0 aliphatic rings. The van der Waals surface area contributed by atoms with E-state index in [4.69, 9.17) is 5.73 Å². The Labute approximate surface area is 108 Å². The lowest BCUT2D eigenvalue weighted by Crippen LogP contribution is -2.46. The molecule has 0 bridgehead atoms. The summed E-state index contributed by atoms with van der Waals surface area (Å²) in [7, 11) is 0. The number of rotatable bonds is 5. The zero-order valence-corrected chi connectivity index (χ0v) is 11.2. The largest absolute Gasteiger partial charge is 0.347 e. The maximum Gasteiger partial charge on any atom is 0.251 e. The predicted molar refractivity (Wildman–Crippen MR) is 71.0 cm³/mol. The third-order valence-corrected chi connectivity index (χ3v) is 3.33. The van der Waals surface area contributed by atoms with E-state index < -0.39 is 0 Å². The molecule has 4 heteroatoms. The van der Waals surface area contributed by atoms with Gasteiger partial charge in [0.15, 0.2) is 0 Å². The Bertz CT molecular complexity index is 434. The first-order valence-electron chi connectivity index (χ1n) is 6.20. The van der Waals surface area contributed by atoms with Gasteiger partial charge in [0.2, 0.25) is 0 Å². The van der Waals surface area contributed by atoms with Crippen molar-refractivity contribution in [3.05, 3.63) is 35.1 Å². The van der Waals surface area contributed by atoms with Crippen LogP contribution in [0.15, 0.2) is 18.2 Å². The van der Waals surface area contributed by atoms with Gasteiger partial charge in [-0.15, -0.1) is 0 Å². The molecule has 18 heavy (non-hydrogen) atoms. The molecule has 0 aromatic heterocycles. The topological polar surface area (TPSA) is 55.1 Å². The highest BCUT2D eigenvalue weighted by Crippen LogP contribution is 2.15. The van der Waals surface area contributed by atoms with Crippen LogP contribution in [0.4, 0.5) is 4.39 Å². The summed E-state index contributed by atoms with van der Waals surface area (Å²) in [5, 5.41) is 2.92. The number of carbonyl (C=O) groups is 1. The molecule has 0 aliphatic heterocycles. The number of carbonyl (C=O) groups excluding carboxylic acids is 1. The van der Waals surface area contributed by atoms with Crippen molar-refractivity contribution in [2.75, 3.05) is 6.54 Å². The van der Waals surface area contributed by atoms with E-state index in [2.05, 4.69) is 5.32 Å². The van der Waals surface area contributed by atoms with E-state index >= 15 is 0 Å². The molecule has 1 aromatic rings. The zero-order valence-electron chi connectivity index (χ0n) is 11.2. The van der Waals surface area contributed by atoms with Crippen molar-refractivity contribution < 1.29 is 9.18 Å². The maximum absolute atomic E-state index is 13.4. The van der Waals surface area contributed by atoms with Crippen molar-refractivity contribution in [3.63, 3.8) is 0 Å². The molecule has 1 atom stereocenters.